The summed E-state index contributed by atoms with van der Waals surface area (Å²) in [5, 5.41) is 11.0. The first-order valence-corrected chi connectivity index (χ1v) is 7.99. The van der Waals surface area contributed by atoms with Gasteiger partial charge in [-0.2, -0.15) is 0 Å². The molecule has 8 nitrogen and oxygen atoms in total. The maximum absolute atomic E-state index is 12.1. The molecule has 0 aromatic carbocycles. The van der Waals surface area contributed by atoms with Crippen molar-refractivity contribution in [1.29, 1.82) is 0 Å². The minimum absolute atomic E-state index is 0.0389. The summed E-state index contributed by atoms with van der Waals surface area (Å²) in [5.41, 5.74) is 0. The first-order chi connectivity index (χ1) is 11.8. The van der Waals surface area contributed by atoms with Crippen LogP contribution in [0.25, 0.3) is 0 Å². The van der Waals surface area contributed by atoms with Gasteiger partial charge in [0.15, 0.2) is 0 Å². The molecular weight excluding hydrogens is 306 g/mol. The van der Waals surface area contributed by atoms with Crippen molar-refractivity contribution >= 4 is 11.9 Å². The summed E-state index contributed by atoms with van der Waals surface area (Å²) >= 11 is 0. The van der Waals surface area contributed by atoms with E-state index in [1.54, 1.807) is 35.5 Å². The number of carbonyl (C=O) groups is 1. The molecule has 1 aliphatic heterocycles. The average molecular weight is 323 g/mol. The molecule has 24 heavy (non-hydrogen) atoms. The van der Waals surface area contributed by atoms with E-state index in [1.165, 1.54) is 0 Å². The van der Waals surface area contributed by atoms with Crippen LogP contribution in [0.15, 0.2) is 30.9 Å². The van der Waals surface area contributed by atoms with Crippen molar-refractivity contribution in [1.82, 2.24) is 30.3 Å². The fourth-order valence-electron chi connectivity index (χ4n) is 2.81. The maximum Gasteiger partial charge on any atom is 0.296 e. The summed E-state index contributed by atoms with van der Waals surface area (Å²) < 4.78 is 1.77. The Kier molecular flexibility index (Phi) is 3.83. The summed E-state index contributed by atoms with van der Waals surface area (Å²) in [7, 11) is 0. The average Bonchev–Trinajstić information content (AvgIpc) is 3.10. The van der Waals surface area contributed by atoms with Crippen LogP contribution in [0, 0.1) is 17.8 Å². The van der Waals surface area contributed by atoms with E-state index in [0.29, 0.717) is 25.0 Å². The van der Waals surface area contributed by atoms with Gasteiger partial charge in [0, 0.05) is 37.6 Å². The zero-order valence-electron chi connectivity index (χ0n) is 13.0. The Bertz CT molecular complexity index is 761. The maximum atomic E-state index is 12.1. The summed E-state index contributed by atoms with van der Waals surface area (Å²) in [6, 6.07) is 1.61. The molecule has 2 aliphatic rings. The number of nitrogens with zero attached hydrogens (tertiary/aromatic N) is 6. The Labute approximate surface area is 139 Å². The van der Waals surface area contributed by atoms with Crippen LogP contribution in [0.2, 0.25) is 0 Å². The van der Waals surface area contributed by atoms with Gasteiger partial charge in [0.1, 0.15) is 0 Å². The highest BCUT2D eigenvalue weighted by Crippen LogP contribution is 2.27. The molecule has 2 aromatic heterocycles. The second-order valence-corrected chi connectivity index (χ2v) is 6.03. The van der Waals surface area contributed by atoms with Crippen molar-refractivity contribution in [2.24, 2.45) is 5.92 Å². The Hall–Kier alpha value is -2.95. The summed E-state index contributed by atoms with van der Waals surface area (Å²) in [6.07, 6.45) is 9.05. The van der Waals surface area contributed by atoms with Gasteiger partial charge in [-0.05, 0) is 24.8 Å². The topological polar surface area (TPSA) is 88.8 Å². The van der Waals surface area contributed by atoms with E-state index in [0.717, 1.165) is 12.8 Å². The van der Waals surface area contributed by atoms with Crippen molar-refractivity contribution < 1.29 is 4.79 Å². The highest BCUT2D eigenvalue weighted by atomic mass is 16.1. The van der Waals surface area contributed by atoms with Gasteiger partial charge in [0.25, 0.3) is 5.91 Å². The van der Waals surface area contributed by atoms with Crippen molar-refractivity contribution in [3.05, 3.63) is 30.9 Å². The minimum Gasteiger partial charge on any atom is -0.339 e. The van der Waals surface area contributed by atoms with Gasteiger partial charge < -0.3 is 10.2 Å². The fourth-order valence-corrected chi connectivity index (χ4v) is 2.81. The molecule has 122 valence electrons. The Morgan fingerprint density at radius 1 is 1.21 bits per heavy atom. The normalized spacial score (nSPS) is 22.8. The molecule has 1 aliphatic carbocycles. The van der Waals surface area contributed by atoms with Crippen molar-refractivity contribution in [2.45, 2.75) is 24.9 Å². The molecular formula is C16H17N7O. The molecule has 0 spiro atoms. The third kappa shape index (κ3) is 3.20. The summed E-state index contributed by atoms with van der Waals surface area (Å²) in [4.78, 5) is 22.7. The van der Waals surface area contributed by atoms with E-state index in [9.17, 15) is 4.79 Å². The van der Waals surface area contributed by atoms with Gasteiger partial charge in [-0.15, -0.1) is 5.10 Å². The largest absolute Gasteiger partial charge is 0.339 e. The predicted octanol–water partition coefficient (Wildman–Crippen LogP) is 0.0276. The van der Waals surface area contributed by atoms with E-state index in [2.05, 4.69) is 37.4 Å². The first kappa shape index (κ1) is 14.6. The van der Waals surface area contributed by atoms with Crippen LogP contribution >= 0.6 is 0 Å². The lowest BCUT2D eigenvalue weighted by Gasteiger charge is -2.17. The molecule has 8 heteroatoms. The van der Waals surface area contributed by atoms with Crippen LogP contribution in [0.3, 0.4) is 0 Å². The Morgan fingerprint density at radius 3 is 2.75 bits per heavy atom. The molecule has 1 saturated heterocycles. The lowest BCUT2D eigenvalue weighted by molar-refractivity contribution is -0.116. The van der Waals surface area contributed by atoms with Crippen LogP contribution in [0.5, 0.6) is 0 Å². The molecule has 0 unspecified atom stereocenters. The molecule has 0 radical (unpaired) electrons. The van der Waals surface area contributed by atoms with Crippen LogP contribution < -0.4 is 10.2 Å². The minimum atomic E-state index is -0.243. The van der Waals surface area contributed by atoms with Crippen molar-refractivity contribution in [2.75, 3.05) is 18.0 Å². The molecule has 1 N–H and O–H groups in total. The second kappa shape index (κ2) is 6.28. The smallest absolute Gasteiger partial charge is 0.296 e. The molecule has 2 fully saturated rings. The van der Waals surface area contributed by atoms with Crippen molar-refractivity contribution in [3.63, 3.8) is 0 Å². The van der Waals surface area contributed by atoms with Crippen LogP contribution in [-0.4, -0.2) is 50.0 Å². The summed E-state index contributed by atoms with van der Waals surface area (Å²) in [5.74, 6) is 6.49. The molecule has 3 heterocycles. The number of rotatable bonds is 3. The van der Waals surface area contributed by atoms with E-state index < -0.39 is 0 Å². The monoisotopic (exact) mass is 323 g/mol. The van der Waals surface area contributed by atoms with Gasteiger partial charge in [-0.3, -0.25) is 4.79 Å². The van der Waals surface area contributed by atoms with Gasteiger partial charge >= 0.3 is 0 Å². The number of hydrogen-bond donors (Lipinski definition) is 1. The van der Waals surface area contributed by atoms with Gasteiger partial charge in [-0.1, -0.05) is 11.1 Å². The number of anilines is 1. The molecule has 4 rings (SSSR count). The highest BCUT2D eigenvalue weighted by Gasteiger charge is 2.36. The molecule has 2 aromatic rings. The zero-order chi connectivity index (χ0) is 16.4. The SMILES string of the molecule is O=C(C#CC1CC1)N[C@@H]1CN(c2ncccn2)C[C@@H]1n1ccnn1. The quantitative estimate of drug-likeness (QED) is 0.802. The predicted molar refractivity (Wildman–Crippen MR) is 85.7 cm³/mol. The number of nitrogens with one attached hydrogen (secondary N) is 1. The molecule has 0 bridgehead atoms. The lowest BCUT2D eigenvalue weighted by atomic mass is 10.2. The Balaban J connectivity index is 1.51. The van der Waals surface area contributed by atoms with Crippen LogP contribution in [0.1, 0.15) is 18.9 Å². The van der Waals surface area contributed by atoms with Gasteiger partial charge in [0.05, 0.1) is 18.3 Å². The van der Waals surface area contributed by atoms with E-state index in [4.69, 9.17) is 0 Å². The van der Waals surface area contributed by atoms with Gasteiger partial charge in [0.2, 0.25) is 5.95 Å². The summed E-state index contributed by atoms with van der Waals surface area (Å²) in [6.45, 7) is 1.25. The second-order valence-electron chi connectivity index (χ2n) is 6.03. The number of hydrogen-bond acceptors (Lipinski definition) is 6. The first-order valence-electron chi connectivity index (χ1n) is 7.99. The number of carbonyl (C=O) groups excluding carboxylic acids is 1. The number of aromatic nitrogens is 5. The zero-order valence-corrected chi connectivity index (χ0v) is 13.0. The van der Waals surface area contributed by atoms with E-state index >= 15 is 0 Å². The fraction of sp³-hybridized carbons (Fsp3) is 0.438. The van der Waals surface area contributed by atoms with Crippen LogP contribution in [-0.2, 0) is 4.79 Å². The highest BCUT2D eigenvalue weighted by molar-refractivity contribution is 5.93. The Morgan fingerprint density at radius 2 is 2.04 bits per heavy atom. The van der Waals surface area contributed by atoms with E-state index in [1.807, 2.05) is 4.90 Å². The van der Waals surface area contributed by atoms with E-state index in [-0.39, 0.29) is 18.0 Å². The molecule has 2 atom stereocenters. The van der Waals surface area contributed by atoms with Crippen LogP contribution in [0.4, 0.5) is 5.95 Å². The lowest BCUT2D eigenvalue weighted by Crippen LogP contribution is -2.41. The van der Waals surface area contributed by atoms with Gasteiger partial charge in [-0.25, -0.2) is 14.6 Å². The van der Waals surface area contributed by atoms with Crippen molar-refractivity contribution in [3.8, 4) is 11.8 Å². The third-order valence-corrected chi connectivity index (χ3v) is 4.19. The molecule has 1 amide bonds. The standard InChI is InChI=1S/C16H17N7O/c24-15(5-4-12-2-3-12)20-13-10-22(16-17-6-1-7-18-16)11-14(13)23-9-8-19-21-23/h1,6-9,12-14H,2-3,10-11H2,(H,20,24)/t13-,14+/m1/s1. The number of amides is 1. The molecule has 1 saturated carbocycles. The third-order valence-electron chi connectivity index (χ3n) is 4.19.